The fourth-order valence-corrected chi connectivity index (χ4v) is 3.85. The first kappa shape index (κ1) is 22.6. The maximum absolute atomic E-state index is 13.4. The number of piperazine rings is 1. The molecule has 0 amide bonds. The van der Waals surface area contributed by atoms with Crippen molar-refractivity contribution in [3.05, 3.63) is 84.6 Å². The second-order valence-electron chi connectivity index (χ2n) is 7.99. The first-order valence-corrected chi connectivity index (χ1v) is 11.1. The molecule has 2 heterocycles. The van der Waals surface area contributed by atoms with Gasteiger partial charge in [0.1, 0.15) is 11.5 Å². The van der Waals surface area contributed by atoms with Crippen LogP contribution in [-0.4, -0.2) is 60.4 Å². The van der Waals surface area contributed by atoms with Crippen molar-refractivity contribution in [1.82, 2.24) is 14.9 Å². The third kappa shape index (κ3) is 5.81. The minimum Gasteiger partial charge on any atom is -0.361 e. The van der Waals surface area contributed by atoms with Crippen LogP contribution in [0, 0.1) is 5.82 Å². The molecule has 1 fully saturated rings. The number of hydrogen-bond acceptors (Lipinski definition) is 6. The third-order valence-corrected chi connectivity index (χ3v) is 5.85. The van der Waals surface area contributed by atoms with E-state index in [-0.39, 0.29) is 5.82 Å². The average molecular weight is 445 g/mol. The summed E-state index contributed by atoms with van der Waals surface area (Å²) in [5, 5.41) is 3.39. The van der Waals surface area contributed by atoms with Crippen molar-refractivity contribution in [2.45, 2.75) is 6.92 Å². The molecule has 0 unspecified atom stereocenters. The number of nitrogens with one attached hydrogen (secondary N) is 1. The minimum atomic E-state index is -0.255. The Bertz CT molecular complexity index is 1100. The molecule has 1 N–H and O–H groups in total. The van der Waals surface area contributed by atoms with Gasteiger partial charge >= 0.3 is 0 Å². The number of aromatic nitrogens is 2. The van der Waals surface area contributed by atoms with Gasteiger partial charge in [-0.15, -0.1) is 0 Å². The van der Waals surface area contributed by atoms with E-state index in [1.165, 1.54) is 17.7 Å². The van der Waals surface area contributed by atoms with E-state index in [4.69, 9.17) is 0 Å². The van der Waals surface area contributed by atoms with Crippen molar-refractivity contribution in [3.8, 4) is 11.3 Å². The van der Waals surface area contributed by atoms with Gasteiger partial charge in [-0.1, -0.05) is 18.2 Å². The monoisotopic (exact) mass is 444 g/mol. The Labute approximate surface area is 194 Å². The zero-order chi connectivity index (χ0) is 23.0. The molecular formula is C26H29FN6. The van der Waals surface area contributed by atoms with E-state index in [0.29, 0.717) is 0 Å². The number of benzene rings is 2. The number of aliphatic imine (C=N–C) groups is 1. The molecule has 4 rings (SSSR count). The van der Waals surface area contributed by atoms with Gasteiger partial charge in [0, 0.05) is 80.9 Å². The zero-order valence-corrected chi connectivity index (χ0v) is 19.1. The van der Waals surface area contributed by atoms with Gasteiger partial charge in [-0.25, -0.2) is 9.37 Å². The molecule has 0 saturated carbocycles. The summed E-state index contributed by atoms with van der Waals surface area (Å²) in [5.41, 5.74) is 4.90. The summed E-state index contributed by atoms with van der Waals surface area (Å²) in [6.45, 7) is 6.35. The van der Waals surface area contributed by atoms with Gasteiger partial charge in [0.25, 0.3) is 0 Å². The van der Waals surface area contributed by atoms with E-state index in [2.05, 4.69) is 36.3 Å². The zero-order valence-electron chi connectivity index (χ0n) is 19.1. The first-order chi connectivity index (χ1) is 16.1. The van der Waals surface area contributed by atoms with Gasteiger partial charge in [0.05, 0.1) is 0 Å². The highest BCUT2D eigenvalue weighted by Crippen LogP contribution is 2.27. The van der Waals surface area contributed by atoms with Crippen LogP contribution in [0.25, 0.3) is 11.3 Å². The molecule has 1 aliphatic heterocycles. The van der Waals surface area contributed by atoms with Gasteiger partial charge in [0.2, 0.25) is 0 Å². The Hall–Kier alpha value is -3.58. The fraction of sp³-hybridized carbons (Fsp3) is 0.269. The quantitative estimate of drug-likeness (QED) is 0.544. The van der Waals surface area contributed by atoms with E-state index in [1.54, 1.807) is 24.5 Å². The van der Waals surface area contributed by atoms with Crippen LogP contribution < -0.4 is 10.2 Å². The number of hydrogen-bond donors (Lipinski definition) is 1. The summed E-state index contributed by atoms with van der Waals surface area (Å²) in [5.74, 6) is 0.589. The SMILES string of the molecule is C/N=C(C)\C(=C/Nc1ccccc1)CN1CCN(c2nccnc2-c2ccc(F)cc2)CC1. The van der Waals surface area contributed by atoms with E-state index in [0.717, 1.165) is 61.2 Å². The van der Waals surface area contributed by atoms with Crippen molar-refractivity contribution in [3.63, 3.8) is 0 Å². The van der Waals surface area contributed by atoms with Gasteiger partial charge in [0.15, 0.2) is 5.82 Å². The van der Waals surface area contributed by atoms with Gasteiger partial charge in [-0.05, 0) is 43.3 Å². The Morgan fingerprint density at radius 3 is 2.39 bits per heavy atom. The van der Waals surface area contributed by atoms with Crippen LogP contribution in [0.4, 0.5) is 15.9 Å². The Balaban J connectivity index is 1.43. The number of para-hydroxylation sites is 1. The lowest BCUT2D eigenvalue weighted by Crippen LogP contribution is -2.47. The molecule has 0 aliphatic carbocycles. The number of nitrogens with zero attached hydrogens (tertiary/aromatic N) is 5. The normalized spacial score (nSPS) is 15.5. The molecule has 1 saturated heterocycles. The van der Waals surface area contributed by atoms with Crippen molar-refractivity contribution >= 4 is 17.2 Å². The summed E-state index contributed by atoms with van der Waals surface area (Å²) >= 11 is 0. The number of halogens is 1. The van der Waals surface area contributed by atoms with Crippen LogP contribution in [-0.2, 0) is 0 Å². The predicted molar refractivity (Wildman–Crippen MR) is 133 cm³/mol. The third-order valence-electron chi connectivity index (χ3n) is 5.85. The van der Waals surface area contributed by atoms with Gasteiger partial charge in [-0.2, -0.15) is 0 Å². The summed E-state index contributed by atoms with van der Waals surface area (Å²) < 4.78 is 13.4. The van der Waals surface area contributed by atoms with Crippen molar-refractivity contribution in [2.24, 2.45) is 4.99 Å². The fourth-order valence-electron chi connectivity index (χ4n) is 3.85. The lowest BCUT2D eigenvalue weighted by molar-refractivity contribution is 0.280. The highest BCUT2D eigenvalue weighted by molar-refractivity contribution is 5.98. The maximum Gasteiger partial charge on any atom is 0.155 e. The van der Waals surface area contributed by atoms with Crippen LogP contribution in [0.3, 0.4) is 0 Å². The molecule has 0 atom stereocenters. The average Bonchev–Trinajstić information content (AvgIpc) is 2.87. The molecule has 0 radical (unpaired) electrons. The van der Waals surface area contributed by atoms with E-state index >= 15 is 0 Å². The van der Waals surface area contributed by atoms with Crippen molar-refractivity contribution in [2.75, 3.05) is 50.0 Å². The van der Waals surface area contributed by atoms with Crippen molar-refractivity contribution in [1.29, 1.82) is 0 Å². The molecule has 1 aromatic heterocycles. The van der Waals surface area contributed by atoms with Crippen LogP contribution in [0.1, 0.15) is 6.92 Å². The van der Waals surface area contributed by atoms with E-state index in [1.807, 2.05) is 44.3 Å². The topological polar surface area (TPSA) is 56.7 Å². The Kier molecular flexibility index (Phi) is 7.42. The largest absolute Gasteiger partial charge is 0.361 e. The molecule has 0 spiro atoms. The molecule has 3 aromatic rings. The smallest absolute Gasteiger partial charge is 0.155 e. The number of rotatable bonds is 7. The Morgan fingerprint density at radius 2 is 1.70 bits per heavy atom. The Morgan fingerprint density at radius 1 is 1.00 bits per heavy atom. The second kappa shape index (κ2) is 10.8. The van der Waals surface area contributed by atoms with Gasteiger partial charge in [-0.3, -0.25) is 14.9 Å². The lowest BCUT2D eigenvalue weighted by atomic mass is 10.1. The minimum absolute atomic E-state index is 0.255. The molecule has 6 nitrogen and oxygen atoms in total. The maximum atomic E-state index is 13.4. The van der Waals surface area contributed by atoms with Crippen molar-refractivity contribution < 1.29 is 4.39 Å². The van der Waals surface area contributed by atoms with E-state index in [9.17, 15) is 4.39 Å². The summed E-state index contributed by atoms with van der Waals surface area (Å²) in [7, 11) is 1.83. The van der Waals surface area contributed by atoms with Crippen LogP contribution in [0.15, 0.2) is 83.8 Å². The summed E-state index contributed by atoms with van der Waals surface area (Å²) in [4.78, 5) is 18.2. The summed E-state index contributed by atoms with van der Waals surface area (Å²) in [6, 6.07) is 16.6. The molecule has 0 bridgehead atoms. The highest BCUT2D eigenvalue weighted by atomic mass is 19.1. The highest BCUT2D eigenvalue weighted by Gasteiger charge is 2.22. The molecule has 170 valence electrons. The molecule has 1 aliphatic rings. The van der Waals surface area contributed by atoms with Crippen LogP contribution in [0.5, 0.6) is 0 Å². The van der Waals surface area contributed by atoms with Gasteiger partial charge < -0.3 is 10.2 Å². The molecule has 2 aromatic carbocycles. The molecule has 7 heteroatoms. The van der Waals surface area contributed by atoms with Crippen LogP contribution in [0.2, 0.25) is 0 Å². The predicted octanol–water partition coefficient (Wildman–Crippen LogP) is 4.49. The van der Waals surface area contributed by atoms with E-state index < -0.39 is 0 Å². The van der Waals surface area contributed by atoms with Crippen LogP contribution >= 0.6 is 0 Å². The lowest BCUT2D eigenvalue weighted by Gasteiger charge is -2.36. The second-order valence-corrected chi connectivity index (χ2v) is 7.99. The molecular weight excluding hydrogens is 415 g/mol. The standard InChI is InChI=1S/C26H29FN6/c1-20(28-2)22(18-31-24-6-4-3-5-7-24)19-32-14-16-33(17-15-32)26-25(29-12-13-30-26)21-8-10-23(27)11-9-21/h3-13,18,31H,14-17,19H2,1-2H3/b22-18-,28-20-. The first-order valence-electron chi connectivity index (χ1n) is 11.1. The summed E-state index contributed by atoms with van der Waals surface area (Å²) in [6.07, 6.45) is 5.45. The number of anilines is 2. The molecule has 33 heavy (non-hydrogen) atoms.